The second kappa shape index (κ2) is 6.56. The summed E-state index contributed by atoms with van der Waals surface area (Å²) in [6.45, 7) is 1.32. The zero-order valence-electron chi connectivity index (χ0n) is 11.3. The fourth-order valence-corrected chi connectivity index (χ4v) is 2.53. The second-order valence-electron chi connectivity index (χ2n) is 5.09. The molecule has 1 aromatic rings. The van der Waals surface area contributed by atoms with E-state index in [-0.39, 0.29) is 6.04 Å². The molecule has 7 heteroatoms. The van der Waals surface area contributed by atoms with Gasteiger partial charge in [-0.05, 0) is 24.6 Å². The minimum Gasteiger partial charge on any atom is -0.369 e. The molecule has 116 valence electrons. The van der Waals surface area contributed by atoms with E-state index in [2.05, 4.69) is 10.2 Å². The summed E-state index contributed by atoms with van der Waals surface area (Å²) in [4.78, 5) is 13.5. The van der Waals surface area contributed by atoms with Crippen LogP contribution in [0.25, 0.3) is 0 Å². The number of nitrogens with one attached hydrogen (secondary N) is 1. The predicted molar refractivity (Wildman–Crippen MR) is 75.5 cm³/mol. The average molecular weight is 321 g/mol. The van der Waals surface area contributed by atoms with Crippen LogP contribution in [-0.2, 0) is 4.79 Å². The summed E-state index contributed by atoms with van der Waals surface area (Å²) in [6, 6.07) is 7.24. The van der Waals surface area contributed by atoms with Crippen LogP contribution in [0.5, 0.6) is 0 Å². The van der Waals surface area contributed by atoms with Gasteiger partial charge in [0.2, 0.25) is 5.91 Å². The van der Waals surface area contributed by atoms with E-state index in [4.69, 9.17) is 11.6 Å². The minimum absolute atomic E-state index is 0.121. The molecule has 1 aliphatic rings. The maximum absolute atomic E-state index is 12.1. The summed E-state index contributed by atoms with van der Waals surface area (Å²) in [7, 11) is 0. The van der Waals surface area contributed by atoms with Crippen LogP contribution in [0, 0.1) is 0 Å². The lowest BCUT2D eigenvalue weighted by molar-refractivity contribution is -0.144. The molecule has 1 amide bonds. The highest BCUT2D eigenvalue weighted by Gasteiger charge is 2.29. The van der Waals surface area contributed by atoms with E-state index in [1.807, 2.05) is 18.2 Å². The molecule has 0 spiro atoms. The summed E-state index contributed by atoms with van der Waals surface area (Å²) in [5.41, 5.74) is 0.953. The number of hydrogen-bond acceptors (Lipinski definition) is 2. The summed E-state index contributed by atoms with van der Waals surface area (Å²) < 4.78 is 36.2. The Hall–Kier alpha value is -1.43. The Morgan fingerprint density at radius 2 is 2.19 bits per heavy atom. The quantitative estimate of drug-likeness (QED) is 0.922. The van der Waals surface area contributed by atoms with E-state index in [0.29, 0.717) is 18.0 Å². The van der Waals surface area contributed by atoms with Gasteiger partial charge >= 0.3 is 6.18 Å². The molecular formula is C14H16ClF3N2O. The number of alkyl halides is 3. The van der Waals surface area contributed by atoms with E-state index in [9.17, 15) is 18.0 Å². The normalized spacial score (nSPS) is 18.9. The van der Waals surface area contributed by atoms with E-state index in [1.54, 1.807) is 6.07 Å². The van der Waals surface area contributed by atoms with Crippen molar-refractivity contribution in [2.45, 2.75) is 31.5 Å². The van der Waals surface area contributed by atoms with Gasteiger partial charge in [-0.2, -0.15) is 13.2 Å². The van der Waals surface area contributed by atoms with E-state index >= 15 is 0 Å². The van der Waals surface area contributed by atoms with Crippen molar-refractivity contribution in [2.24, 2.45) is 0 Å². The molecule has 1 heterocycles. The number of benzene rings is 1. The van der Waals surface area contributed by atoms with Gasteiger partial charge < -0.3 is 10.2 Å². The first-order valence-electron chi connectivity index (χ1n) is 6.70. The number of halogens is 4. The number of anilines is 1. The summed E-state index contributed by atoms with van der Waals surface area (Å²) >= 11 is 5.92. The molecule has 1 atom stereocenters. The third kappa shape index (κ3) is 5.12. The van der Waals surface area contributed by atoms with Crippen LogP contribution in [0.1, 0.15) is 19.3 Å². The molecule has 0 bridgehead atoms. The molecule has 0 saturated carbocycles. The van der Waals surface area contributed by atoms with Crippen molar-refractivity contribution in [1.29, 1.82) is 0 Å². The summed E-state index contributed by atoms with van der Waals surface area (Å²) in [5.74, 6) is -0.551. The highest BCUT2D eigenvalue weighted by atomic mass is 35.5. The molecule has 21 heavy (non-hydrogen) atoms. The van der Waals surface area contributed by atoms with Crippen molar-refractivity contribution in [2.75, 3.05) is 18.0 Å². The Labute approximate surface area is 126 Å². The van der Waals surface area contributed by atoms with Crippen LogP contribution >= 0.6 is 11.6 Å². The van der Waals surface area contributed by atoms with Crippen molar-refractivity contribution in [3.8, 4) is 0 Å². The molecule has 1 saturated heterocycles. The number of carbonyl (C=O) groups excluding carboxylic acids is 1. The van der Waals surface area contributed by atoms with E-state index < -0.39 is 24.9 Å². The third-order valence-corrected chi connectivity index (χ3v) is 3.60. The van der Waals surface area contributed by atoms with Gasteiger partial charge in [-0.1, -0.05) is 17.7 Å². The highest BCUT2D eigenvalue weighted by molar-refractivity contribution is 6.30. The lowest BCUT2D eigenvalue weighted by atomic mass is 10.2. The summed E-state index contributed by atoms with van der Waals surface area (Å²) in [5, 5.41) is 3.28. The van der Waals surface area contributed by atoms with Crippen LogP contribution in [0.15, 0.2) is 24.3 Å². The smallest absolute Gasteiger partial charge is 0.369 e. The molecule has 1 fully saturated rings. The summed E-state index contributed by atoms with van der Waals surface area (Å²) in [6.07, 6.45) is -5.18. The third-order valence-electron chi connectivity index (χ3n) is 3.36. The fraction of sp³-hybridized carbons (Fsp3) is 0.500. The van der Waals surface area contributed by atoms with Gasteiger partial charge in [0.25, 0.3) is 0 Å². The Morgan fingerprint density at radius 3 is 2.86 bits per heavy atom. The van der Waals surface area contributed by atoms with Crippen molar-refractivity contribution >= 4 is 23.2 Å². The Balaban J connectivity index is 1.81. The molecule has 0 radical (unpaired) electrons. The number of carbonyl (C=O) groups is 1. The molecular weight excluding hydrogens is 305 g/mol. The SMILES string of the molecule is O=C(CCC(F)(F)F)NC1CCN(c2cccc(Cl)c2)C1. The topological polar surface area (TPSA) is 32.3 Å². The molecule has 0 aromatic heterocycles. The van der Waals surface area contributed by atoms with Gasteiger partial charge in [0.1, 0.15) is 0 Å². The maximum Gasteiger partial charge on any atom is 0.389 e. The Kier molecular flexibility index (Phi) is 4.98. The monoisotopic (exact) mass is 320 g/mol. The standard InChI is InChI=1S/C14H16ClF3N2O/c15-10-2-1-3-12(8-10)20-7-5-11(9-20)19-13(21)4-6-14(16,17)18/h1-3,8,11H,4-7,9H2,(H,19,21). The van der Waals surface area contributed by atoms with Crippen molar-refractivity contribution in [3.63, 3.8) is 0 Å². The van der Waals surface area contributed by atoms with Crippen molar-refractivity contribution in [3.05, 3.63) is 29.3 Å². The first-order valence-corrected chi connectivity index (χ1v) is 7.08. The molecule has 2 rings (SSSR count). The van der Waals surface area contributed by atoms with Crippen LogP contribution in [-0.4, -0.2) is 31.2 Å². The van der Waals surface area contributed by atoms with Gasteiger partial charge in [-0.3, -0.25) is 4.79 Å². The lowest BCUT2D eigenvalue weighted by Crippen LogP contribution is -2.37. The second-order valence-corrected chi connectivity index (χ2v) is 5.53. The van der Waals surface area contributed by atoms with Crippen LogP contribution in [0.4, 0.5) is 18.9 Å². The Bertz CT molecular complexity index is 507. The maximum atomic E-state index is 12.1. The molecule has 3 nitrogen and oxygen atoms in total. The first kappa shape index (κ1) is 15.9. The van der Waals surface area contributed by atoms with Crippen molar-refractivity contribution in [1.82, 2.24) is 5.32 Å². The molecule has 1 aliphatic heterocycles. The zero-order valence-corrected chi connectivity index (χ0v) is 12.0. The number of nitrogens with zero attached hydrogens (tertiary/aromatic N) is 1. The first-order chi connectivity index (χ1) is 9.83. The van der Waals surface area contributed by atoms with Gasteiger partial charge in [-0.25, -0.2) is 0 Å². The fourth-order valence-electron chi connectivity index (χ4n) is 2.34. The van der Waals surface area contributed by atoms with Gasteiger partial charge in [0, 0.05) is 36.3 Å². The molecule has 1 unspecified atom stereocenters. The average Bonchev–Trinajstić information content (AvgIpc) is 2.84. The molecule has 0 aliphatic carbocycles. The van der Waals surface area contributed by atoms with Crippen LogP contribution in [0.2, 0.25) is 5.02 Å². The molecule has 1 N–H and O–H groups in total. The van der Waals surface area contributed by atoms with E-state index in [1.165, 1.54) is 0 Å². The van der Waals surface area contributed by atoms with Crippen LogP contribution < -0.4 is 10.2 Å². The number of amides is 1. The van der Waals surface area contributed by atoms with Gasteiger partial charge in [-0.15, -0.1) is 0 Å². The minimum atomic E-state index is -4.29. The van der Waals surface area contributed by atoms with Crippen LogP contribution in [0.3, 0.4) is 0 Å². The van der Waals surface area contributed by atoms with Gasteiger partial charge in [0.05, 0.1) is 6.42 Å². The lowest BCUT2D eigenvalue weighted by Gasteiger charge is -2.19. The zero-order chi connectivity index (χ0) is 15.5. The number of hydrogen-bond donors (Lipinski definition) is 1. The van der Waals surface area contributed by atoms with Gasteiger partial charge in [0.15, 0.2) is 0 Å². The van der Waals surface area contributed by atoms with E-state index in [0.717, 1.165) is 12.2 Å². The largest absolute Gasteiger partial charge is 0.389 e. The van der Waals surface area contributed by atoms with Crippen molar-refractivity contribution < 1.29 is 18.0 Å². The highest BCUT2D eigenvalue weighted by Crippen LogP contribution is 2.24. The number of rotatable bonds is 4. The predicted octanol–water partition coefficient (Wildman–Crippen LogP) is 3.38. The molecule has 1 aromatic carbocycles. The Morgan fingerprint density at radius 1 is 1.43 bits per heavy atom.